The van der Waals surface area contributed by atoms with Gasteiger partial charge in [-0.15, -0.1) is 0 Å². The van der Waals surface area contributed by atoms with E-state index in [2.05, 4.69) is 6.26 Å². The van der Waals surface area contributed by atoms with E-state index < -0.39 is 0 Å². The van der Waals surface area contributed by atoms with Crippen molar-refractivity contribution < 1.29 is 9.84 Å². The number of thioether (sulfide) groups is 1. The third-order valence-corrected chi connectivity index (χ3v) is 3.36. The van der Waals surface area contributed by atoms with Gasteiger partial charge < -0.3 is 9.84 Å². The molecule has 1 unspecified atom stereocenters. The molecule has 0 aliphatic carbocycles. The SMILES string of the molecule is COc1ccc(C(O)CCCSC)c(C)c1. The van der Waals surface area contributed by atoms with Crippen molar-refractivity contribution in [2.24, 2.45) is 0 Å². The van der Waals surface area contributed by atoms with Crippen LogP contribution in [-0.4, -0.2) is 24.2 Å². The van der Waals surface area contributed by atoms with Crippen LogP contribution >= 0.6 is 11.8 Å². The van der Waals surface area contributed by atoms with Crippen LogP contribution in [0.3, 0.4) is 0 Å². The second kappa shape index (κ2) is 6.81. The van der Waals surface area contributed by atoms with Crippen LogP contribution in [0.5, 0.6) is 5.75 Å². The molecule has 0 saturated carbocycles. The molecule has 0 fully saturated rings. The molecule has 2 nitrogen and oxygen atoms in total. The molecule has 0 amide bonds. The summed E-state index contributed by atoms with van der Waals surface area (Å²) in [6.07, 6.45) is 3.62. The molecule has 0 radical (unpaired) electrons. The Morgan fingerprint density at radius 1 is 1.44 bits per heavy atom. The summed E-state index contributed by atoms with van der Waals surface area (Å²) in [5.41, 5.74) is 2.11. The lowest BCUT2D eigenvalue weighted by molar-refractivity contribution is 0.166. The van der Waals surface area contributed by atoms with E-state index in [1.54, 1.807) is 7.11 Å². The van der Waals surface area contributed by atoms with Crippen molar-refractivity contribution in [2.45, 2.75) is 25.9 Å². The molecular weight excluding hydrogens is 220 g/mol. The fourth-order valence-corrected chi connectivity index (χ4v) is 2.18. The first-order valence-electron chi connectivity index (χ1n) is 5.50. The van der Waals surface area contributed by atoms with Gasteiger partial charge in [-0.1, -0.05) is 6.07 Å². The Hall–Kier alpha value is -0.670. The van der Waals surface area contributed by atoms with Gasteiger partial charge in [0.05, 0.1) is 13.2 Å². The molecule has 0 bridgehead atoms. The minimum Gasteiger partial charge on any atom is -0.497 e. The second-order valence-electron chi connectivity index (χ2n) is 3.87. The summed E-state index contributed by atoms with van der Waals surface area (Å²) in [6.45, 7) is 2.01. The highest BCUT2D eigenvalue weighted by Crippen LogP contribution is 2.25. The van der Waals surface area contributed by atoms with E-state index in [0.717, 1.165) is 35.5 Å². The van der Waals surface area contributed by atoms with Crippen LogP contribution in [0.25, 0.3) is 0 Å². The zero-order valence-corrected chi connectivity index (χ0v) is 11.0. The average molecular weight is 240 g/mol. The van der Waals surface area contributed by atoms with E-state index in [-0.39, 0.29) is 6.10 Å². The van der Waals surface area contributed by atoms with Gasteiger partial charge in [0.15, 0.2) is 0 Å². The average Bonchev–Trinajstić information content (AvgIpc) is 2.29. The Kier molecular flexibility index (Phi) is 5.71. The van der Waals surface area contributed by atoms with Gasteiger partial charge in [-0.25, -0.2) is 0 Å². The van der Waals surface area contributed by atoms with Gasteiger partial charge in [0.25, 0.3) is 0 Å². The molecule has 0 aromatic heterocycles. The fourth-order valence-electron chi connectivity index (χ4n) is 1.73. The number of benzene rings is 1. The van der Waals surface area contributed by atoms with Crippen molar-refractivity contribution in [3.05, 3.63) is 29.3 Å². The minimum absolute atomic E-state index is 0.349. The van der Waals surface area contributed by atoms with Gasteiger partial charge in [-0.2, -0.15) is 11.8 Å². The molecular formula is C13H20O2S. The lowest BCUT2D eigenvalue weighted by atomic mass is 10.00. The molecule has 3 heteroatoms. The zero-order valence-electron chi connectivity index (χ0n) is 10.2. The lowest BCUT2D eigenvalue weighted by Crippen LogP contribution is -2.01. The number of aliphatic hydroxyl groups is 1. The van der Waals surface area contributed by atoms with Crippen LogP contribution < -0.4 is 4.74 Å². The molecule has 1 atom stereocenters. The summed E-state index contributed by atoms with van der Waals surface area (Å²) < 4.78 is 5.14. The first-order chi connectivity index (χ1) is 7.69. The molecule has 1 N–H and O–H groups in total. The van der Waals surface area contributed by atoms with Crippen molar-refractivity contribution in [3.8, 4) is 5.75 Å². The van der Waals surface area contributed by atoms with E-state index in [4.69, 9.17) is 4.74 Å². The number of rotatable bonds is 6. The Bertz CT molecular complexity index is 326. The lowest BCUT2D eigenvalue weighted by Gasteiger charge is -2.14. The minimum atomic E-state index is -0.349. The summed E-state index contributed by atoms with van der Waals surface area (Å²) in [4.78, 5) is 0. The topological polar surface area (TPSA) is 29.5 Å². The largest absolute Gasteiger partial charge is 0.497 e. The maximum atomic E-state index is 10.0. The summed E-state index contributed by atoms with van der Waals surface area (Å²) in [6, 6.07) is 5.82. The molecule has 0 aliphatic heterocycles. The van der Waals surface area contributed by atoms with E-state index in [0.29, 0.717) is 0 Å². The first-order valence-corrected chi connectivity index (χ1v) is 6.90. The van der Waals surface area contributed by atoms with Gasteiger partial charge in [0.1, 0.15) is 5.75 Å². The maximum Gasteiger partial charge on any atom is 0.119 e. The van der Waals surface area contributed by atoms with Gasteiger partial charge in [0, 0.05) is 0 Å². The smallest absolute Gasteiger partial charge is 0.119 e. The third-order valence-electron chi connectivity index (χ3n) is 2.66. The molecule has 0 heterocycles. The summed E-state index contributed by atoms with van der Waals surface area (Å²) in [5.74, 6) is 1.95. The zero-order chi connectivity index (χ0) is 12.0. The fraction of sp³-hybridized carbons (Fsp3) is 0.538. The Morgan fingerprint density at radius 3 is 2.75 bits per heavy atom. The van der Waals surface area contributed by atoms with Crippen LogP contribution in [0.1, 0.15) is 30.1 Å². The van der Waals surface area contributed by atoms with Gasteiger partial charge >= 0.3 is 0 Å². The highest BCUT2D eigenvalue weighted by molar-refractivity contribution is 7.98. The Morgan fingerprint density at radius 2 is 2.19 bits per heavy atom. The molecule has 0 saturated heterocycles. The first kappa shape index (κ1) is 13.4. The van der Waals surface area contributed by atoms with Crippen LogP contribution in [0.15, 0.2) is 18.2 Å². The molecule has 0 aliphatic rings. The predicted molar refractivity (Wildman–Crippen MR) is 70.3 cm³/mol. The summed E-state index contributed by atoms with van der Waals surface area (Å²) >= 11 is 1.82. The predicted octanol–water partition coefficient (Wildman–Crippen LogP) is 3.18. The van der Waals surface area contributed by atoms with Crippen LogP contribution in [0.2, 0.25) is 0 Å². The molecule has 1 aromatic rings. The van der Waals surface area contributed by atoms with Crippen molar-refractivity contribution in [3.63, 3.8) is 0 Å². The van der Waals surface area contributed by atoms with E-state index >= 15 is 0 Å². The van der Waals surface area contributed by atoms with Gasteiger partial charge in [0.2, 0.25) is 0 Å². The third kappa shape index (κ3) is 3.72. The standard InChI is InChI=1S/C13H20O2S/c1-10-9-11(15-2)6-7-12(10)13(14)5-4-8-16-3/h6-7,9,13-14H,4-5,8H2,1-3H3. The van der Waals surface area contributed by atoms with Crippen molar-refractivity contribution >= 4 is 11.8 Å². The van der Waals surface area contributed by atoms with Crippen LogP contribution in [0.4, 0.5) is 0 Å². The second-order valence-corrected chi connectivity index (χ2v) is 4.86. The number of aliphatic hydroxyl groups excluding tert-OH is 1. The highest BCUT2D eigenvalue weighted by Gasteiger charge is 2.10. The normalized spacial score (nSPS) is 12.5. The van der Waals surface area contributed by atoms with Crippen molar-refractivity contribution in [1.82, 2.24) is 0 Å². The number of aryl methyl sites for hydroxylation is 1. The van der Waals surface area contributed by atoms with Gasteiger partial charge in [-0.3, -0.25) is 0 Å². The maximum absolute atomic E-state index is 10.0. The highest BCUT2D eigenvalue weighted by atomic mass is 32.2. The van der Waals surface area contributed by atoms with Crippen molar-refractivity contribution in [1.29, 1.82) is 0 Å². The summed E-state index contributed by atoms with van der Waals surface area (Å²) in [5, 5.41) is 10.0. The van der Waals surface area contributed by atoms with Gasteiger partial charge in [-0.05, 0) is 55.0 Å². The van der Waals surface area contributed by atoms with E-state index in [9.17, 15) is 5.11 Å². The monoisotopic (exact) mass is 240 g/mol. The number of methoxy groups -OCH3 is 1. The summed E-state index contributed by atoms with van der Waals surface area (Å²) in [7, 11) is 1.66. The molecule has 16 heavy (non-hydrogen) atoms. The number of hydrogen-bond donors (Lipinski definition) is 1. The van der Waals surface area contributed by atoms with E-state index in [1.165, 1.54) is 0 Å². The van der Waals surface area contributed by atoms with Crippen LogP contribution in [0, 0.1) is 6.92 Å². The molecule has 0 spiro atoms. The number of hydrogen-bond acceptors (Lipinski definition) is 3. The van der Waals surface area contributed by atoms with Crippen LogP contribution in [-0.2, 0) is 0 Å². The Labute approximate surface area is 102 Å². The van der Waals surface area contributed by atoms with Crippen molar-refractivity contribution in [2.75, 3.05) is 19.1 Å². The molecule has 1 aromatic carbocycles. The number of ether oxygens (including phenoxy) is 1. The Balaban J connectivity index is 2.64. The van der Waals surface area contributed by atoms with E-state index in [1.807, 2.05) is 36.9 Å². The quantitative estimate of drug-likeness (QED) is 0.774. The molecule has 90 valence electrons. The molecule has 1 rings (SSSR count).